The topological polar surface area (TPSA) is 49.8 Å². The highest BCUT2D eigenvalue weighted by Crippen LogP contribution is 2.39. The molecule has 3 aromatic rings. The highest BCUT2D eigenvalue weighted by Gasteiger charge is 2.32. The average Bonchev–Trinajstić information content (AvgIpc) is 2.81. The Morgan fingerprint density at radius 1 is 1.06 bits per heavy atom. The first-order valence-corrected chi connectivity index (χ1v) is 11.3. The zero-order valence-electron chi connectivity index (χ0n) is 17.5. The number of hydrogen-bond donors (Lipinski definition) is 1. The van der Waals surface area contributed by atoms with Crippen molar-refractivity contribution in [3.8, 4) is 16.9 Å². The van der Waals surface area contributed by atoms with E-state index in [2.05, 4.69) is 63.3 Å². The van der Waals surface area contributed by atoms with E-state index in [0.29, 0.717) is 6.54 Å². The summed E-state index contributed by atoms with van der Waals surface area (Å²) in [5, 5.41) is 9.63. The fourth-order valence-corrected chi connectivity index (χ4v) is 4.82. The summed E-state index contributed by atoms with van der Waals surface area (Å²) >= 11 is 3.60. The fourth-order valence-electron chi connectivity index (χ4n) is 4.44. The molecule has 0 radical (unpaired) electrons. The molecule has 0 bridgehead atoms. The summed E-state index contributed by atoms with van der Waals surface area (Å²) in [6.07, 6.45) is 1.59. The lowest BCUT2D eigenvalue weighted by molar-refractivity contribution is -0.143. The van der Waals surface area contributed by atoms with Crippen molar-refractivity contribution in [2.75, 3.05) is 20.2 Å². The summed E-state index contributed by atoms with van der Waals surface area (Å²) in [7, 11) is 1.68. The number of rotatable bonds is 6. The predicted molar refractivity (Wildman–Crippen MR) is 126 cm³/mol. The van der Waals surface area contributed by atoms with Crippen LogP contribution in [0.15, 0.2) is 77.3 Å². The van der Waals surface area contributed by atoms with Crippen LogP contribution in [0.5, 0.6) is 5.75 Å². The second-order valence-electron chi connectivity index (χ2n) is 7.95. The number of piperidine rings is 1. The summed E-state index contributed by atoms with van der Waals surface area (Å²) in [5.41, 5.74) is 4.50. The van der Waals surface area contributed by atoms with Gasteiger partial charge in [0.1, 0.15) is 5.75 Å². The second-order valence-corrected chi connectivity index (χ2v) is 8.86. The van der Waals surface area contributed by atoms with Crippen LogP contribution in [0.3, 0.4) is 0 Å². The van der Waals surface area contributed by atoms with Crippen LogP contribution in [0.1, 0.15) is 30.0 Å². The first kappa shape index (κ1) is 21.6. The number of likely N-dealkylation sites (tertiary alicyclic amines) is 1. The van der Waals surface area contributed by atoms with E-state index in [1.807, 2.05) is 30.3 Å². The molecule has 5 heteroatoms. The Morgan fingerprint density at radius 3 is 2.45 bits per heavy atom. The highest BCUT2D eigenvalue weighted by molar-refractivity contribution is 9.10. The zero-order chi connectivity index (χ0) is 21.8. The van der Waals surface area contributed by atoms with Crippen LogP contribution in [0.4, 0.5) is 0 Å². The second kappa shape index (κ2) is 9.67. The zero-order valence-corrected chi connectivity index (χ0v) is 19.1. The maximum Gasteiger partial charge on any atom is 0.307 e. The van der Waals surface area contributed by atoms with E-state index < -0.39 is 5.97 Å². The Bertz CT molecular complexity index is 1040. The van der Waals surface area contributed by atoms with E-state index >= 15 is 0 Å². The van der Waals surface area contributed by atoms with Gasteiger partial charge in [0, 0.05) is 16.6 Å². The third-order valence-corrected chi connectivity index (χ3v) is 6.48. The third kappa shape index (κ3) is 4.83. The van der Waals surface area contributed by atoms with Crippen LogP contribution in [0.25, 0.3) is 11.1 Å². The monoisotopic (exact) mass is 479 g/mol. The lowest BCUT2D eigenvalue weighted by atomic mass is 9.90. The quantitative estimate of drug-likeness (QED) is 0.470. The summed E-state index contributed by atoms with van der Waals surface area (Å²) < 4.78 is 6.67. The van der Waals surface area contributed by atoms with Crippen LogP contribution >= 0.6 is 15.9 Å². The van der Waals surface area contributed by atoms with Gasteiger partial charge >= 0.3 is 5.97 Å². The highest BCUT2D eigenvalue weighted by atomic mass is 79.9. The molecule has 0 aromatic heterocycles. The molecule has 1 aliphatic rings. The summed E-state index contributed by atoms with van der Waals surface area (Å²) in [5.74, 6) is -0.264. The van der Waals surface area contributed by atoms with E-state index in [-0.39, 0.29) is 12.0 Å². The molecule has 1 fully saturated rings. The minimum atomic E-state index is -0.718. The molecule has 0 aliphatic carbocycles. The number of aliphatic carboxylic acids is 1. The Labute approximate surface area is 191 Å². The van der Waals surface area contributed by atoms with Gasteiger partial charge in [0.05, 0.1) is 19.1 Å². The molecule has 1 heterocycles. The molecule has 160 valence electrons. The molecule has 2 atom stereocenters. The van der Waals surface area contributed by atoms with Gasteiger partial charge in [0.2, 0.25) is 0 Å². The molecule has 0 amide bonds. The SMILES string of the molecule is COc1ccc(Br)cc1C(c1ccc(-c2ccccc2)cc1)N1CCCC(C(=O)O)C1. The number of nitrogens with zero attached hydrogens (tertiary/aromatic N) is 1. The Kier molecular flexibility index (Phi) is 6.73. The van der Waals surface area contributed by atoms with Crippen molar-refractivity contribution < 1.29 is 14.6 Å². The number of carboxylic acids is 1. The van der Waals surface area contributed by atoms with Crippen molar-refractivity contribution >= 4 is 21.9 Å². The molecule has 1 N–H and O–H groups in total. The van der Waals surface area contributed by atoms with Crippen molar-refractivity contribution in [3.05, 3.63) is 88.4 Å². The van der Waals surface area contributed by atoms with Gasteiger partial charge in [0.25, 0.3) is 0 Å². The van der Waals surface area contributed by atoms with Gasteiger partial charge in [-0.15, -0.1) is 0 Å². The molecule has 4 rings (SSSR count). The number of methoxy groups -OCH3 is 1. The van der Waals surface area contributed by atoms with Crippen molar-refractivity contribution in [2.45, 2.75) is 18.9 Å². The summed E-state index contributed by atoms with van der Waals surface area (Å²) in [6.45, 7) is 1.38. The number of carboxylic acid groups (broad SMARTS) is 1. The molecule has 2 unspecified atom stereocenters. The average molecular weight is 480 g/mol. The molecule has 1 saturated heterocycles. The molecule has 1 aliphatic heterocycles. The number of hydrogen-bond acceptors (Lipinski definition) is 3. The Balaban J connectivity index is 1.76. The van der Waals surface area contributed by atoms with Gasteiger partial charge < -0.3 is 9.84 Å². The van der Waals surface area contributed by atoms with Gasteiger partial charge in [0.15, 0.2) is 0 Å². The molecular weight excluding hydrogens is 454 g/mol. The van der Waals surface area contributed by atoms with E-state index in [4.69, 9.17) is 4.74 Å². The fraction of sp³-hybridized carbons (Fsp3) is 0.269. The Hall–Kier alpha value is -2.63. The minimum absolute atomic E-state index is 0.0839. The van der Waals surface area contributed by atoms with Gasteiger partial charge in [-0.05, 0) is 54.3 Å². The molecule has 3 aromatic carbocycles. The van der Waals surface area contributed by atoms with Crippen LogP contribution < -0.4 is 4.74 Å². The van der Waals surface area contributed by atoms with E-state index in [0.717, 1.165) is 46.3 Å². The molecular formula is C26H26BrNO3. The van der Waals surface area contributed by atoms with E-state index in [9.17, 15) is 9.90 Å². The van der Waals surface area contributed by atoms with Crippen molar-refractivity contribution in [3.63, 3.8) is 0 Å². The van der Waals surface area contributed by atoms with Crippen molar-refractivity contribution in [1.82, 2.24) is 4.90 Å². The predicted octanol–water partition coefficient (Wildman–Crippen LogP) is 6.01. The molecule has 0 spiro atoms. The standard InChI is InChI=1S/C26H26BrNO3/c1-31-24-14-13-22(27)16-23(24)25(28-15-5-8-21(17-28)26(29)30)20-11-9-19(10-12-20)18-6-3-2-4-7-18/h2-4,6-7,9-14,16,21,25H,5,8,15,17H2,1H3,(H,29,30). The van der Waals surface area contributed by atoms with Gasteiger partial charge in [-0.1, -0.05) is 70.5 Å². The lowest BCUT2D eigenvalue weighted by Crippen LogP contribution is -2.41. The van der Waals surface area contributed by atoms with Crippen molar-refractivity contribution in [2.24, 2.45) is 5.92 Å². The third-order valence-electron chi connectivity index (χ3n) is 5.99. The minimum Gasteiger partial charge on any atom is -0.496 e. The summed E-state index contributed by atoms with van der Waals surface area (Å²) in [6, 6.07) is 24.8. The van der Waals surface area contributed by atoms with Crippen LogP contribution in [-0.2, 0) is 4.79 Å². The lowest BCUT2D eigenvalue weighted by Gasteiger charge is -2.38. The van der Waals surface area contributed by atoms with E-state index in [1.54, 1.807) is 7.11 Å². The number of carbonyl (C=O) groups is 1. The molecule has 0 saturated carbocycles. The normalized spacial score (nSPS) is 17.8. The summed E-state index contributed by atoms with van der Waals surface area (Å²) in [4.78, 5) is 14.0. The number of benzene rings is 3. The van der Waals surface area contributed by atoms with Gasteiger partial charge in [-0.3, -0.25) is 9.69 Å². The first-order chi connectivity index (χ1) is 15.1. The molecule has 31 heavy (non-hydrogen) atoms. The number of halogens is 1. The van der Waals surface area contributed by atoms with E-state index in [1.165, 1.54) is 5.56 Å². The van der Waals surface area contributed by atoms with Crippen LogP contribution in [0.2, 0.25) is 0 Å². The van der Waals surface area contributed by atoms with Crippen LogP contribution in [0, 0.1) is 5.92 Å². The Morgan fingerprint density at radius 2 is 1.77 bits per heavy atom. The maximum absolute atomic E-state index is 11.7. The smallest absolute Gasteiger partial charge is 0.307 e. The van der Waals surface area contributed by atoms with Gasteiger partial charge in [-0.2, -0.15) is 0 Å². The maximum atomic E-state index is 11.7. The van der Waals surface area contributed by atoms with Gasteiger partial charge in [-0.25, -0.2) is 0 Å². The first-order valence-electron chi connectivity index (χ1n) is 10.5. The molecule has 4 nitrogen and oxygen atoms in total. The largest absolute Gasteiger partial charge is 0.496 e. The number of ether oxygens (including phenoxy) is 1. The van der Waals surface area contributed by atoms with Crippen LogP contribution in [-0.4, -0.2) is 36.2 Å². The van der Waals surface area contributed by atoms with Crippen molar-refractivity contribution in [1.29, 1.82) is 0 Å².